The lowest BCUT2D eigenvalue weighted by molar-refractivity contribution is -0.0625. The van der Waals surface area contributed by atoms with E-state index in [4.69, 9.17) is 0 Å². The Hall–Kier alpha value is -1.08. The normalized spacial score (nSPS) is 13.6. The molecule has 0 aliphatic carbocycles. The van der Waals surface area contributed by atoms with Gasteiger partial charge < -0.3 is 0 Å². The molecule has 0 heterocycles. The van der Waals surface area contributed by atoms with Crippen molar-refractivity contribution in [1.29, 1.82) is 0 Å². The van der Waals surface area contributed by atoms with Gasteiger partial charge in [-0.05, 0) is 19.4 Å². The van der Waals surface area contributed by atoms with Gasteiger partial charge in [-0.15, -0.1) is 0 Å². The predicted octanol–water partition coefficient (Wildman–Crippen LogP) is 2.87. The first-order valence-corrected chi connectivity index (χ1v) is 6.50. The number of hydrogen-bond donors (Lipinski definition) is 0. The van der Waals surface area contributed by atoms with Crippen molar-refractivity contribution >= 4 is 10.1 Å². The zero-order valence-corrected chi connectivity index (χ0v) is 10.7. The topological polar surface area (TPSA) is 43.4 Å². The fraction of sp³-hybridized carbons (Fsp3) is 0.455. The molecule has 0 atom stereocenters. The lowest BCUT2D eigenvalue weighted by Crippen LogP contribution is -2.36. The molecule has 18 heavy (non-hydrogen) atoms. The minimum Gasteiger partial charge on any atom is -0.257 e. The van der Waals surface area contributed by atoms with Gasteiger partial charge in [0, 0.05) is 6.42 Å². The maximum Gasteiger partial charge on any atom is 0.523 e. The molecule has 0 unspecified atom stereocenters. The Morgan fingerprint density at radius 2 is 1.61 bits per heavy atom. The molecule has 0 aromatic heterocycles. The summed E-state index contributed by atoms with van der Waals surface area (Å²) >= 11 is 0. The summed E-state index contributed by atoms with van der Waals surface area (Å²) in [5.74, 6) is 0. The lowest BCUT2D eigenvalue weighted by Gasteiger charge is -2.25. The first-order chi connectivity index (χ1) is 8.04. The summed E-state index contributed by atoms with van der Waals surface area (Å²) in [6.07, 6.45) is 0.0587. The average Bonchev–Trinajstić information content (AvgIpc) is 2.14. The van der Waals surface area contributed by atoms with Gasteiger partial charge in [-0.25, -0.2) is 0 Å². The minimum atomic E-state index is -5.58. The molecule has 7 heteroatoms. The van der Waals surface area contributed by atoms with E-state index >= 15 is 0 Å². The zero-order valence-electron chi connectivity index (χ0n) is 9.86. The molecule has 0 saturated heterocycles. The number of hydrogen-bond acceptors (Lipinski definition) is 3. The Bertz CT molecular complexity index is 492. The van der Waals surface area contributed by atoms with Crippen molar-refractivity contribution in [1.82, 2.24) is 0 Å². The molecule has 0 radical (unpaired) electrons. The second-order valence-corrected chi connectivity index (χ2v) is 5.94. The molecule has 0 spiro atoms. The van der Waals surface area contributed by atoms with Crippen LogP contribution >= 0.6 is 0 Å². The van der Waals surface area contributed by atoms with Crippen LogP contribution in [-0.2, 0) is 20.7 Å². The van der Waals surface area contributed by atoms with Gasteiger partial charge in [-0.2, -0.15) is 21.6 Å². The molecule has 0 aliphatic heterocycles. The molecular weight excluding hydrogens is 269 g/mol. The first-order valence-electron chi connectivity index (χ1n) is 5.09. The molecule has 102 valence electrons. The number of rotatable bonds is 4. The van der Waals surface area contributed by atoms with Gasteiger partial charge >= 0.3 is 15.6 Å². The van der Waals surface area contributed by atoms with E-state index in [9.17, 15) is 21.6 Å². The van der Waals surface area contributed by atoms with Crippen LogP contribution in [0, 0.1) is 0 Å². The van der Waals surface area contributed by atoms with Crippen LogP contribution in [0.2, 0.25) is 0 Å². The molecule has 1 aromatic carbocycles. The fourth-order valence-electron chi connectivity index (χ4n) is 1.46. The maximum absolute atomic E-state index is 12.2. The Morgan fingerprint density at radius 1 is 1.11 bits per heavy atom. The fourth-order valence-corrected chi connectivity index (χ4v) is 2.21. The summed E-state index contributed by atoms with van der Waals surface area (Å²) < 4.78 is 62.6. The quantitative estimate of drug-likeness (QED) is 0.630. The van der Waals surface area contributed by atoms with Gasteiger partial charge in [0.05, 0.1) is 5.60 Å². The highest BCUT2D eigenvalue weighted by Gasteiger charge is 2.49. The molecule has 0 aliphatic rings. The van der Waals surface area contributed by atoms with Crippen molar-refractivity contribution < 1.29 is 25.8 Å². The molecular formula is C11H13F3O3S. The largest absolute Gasteiger partial charge is 0.523 e. The summed E-state index contributed by atoms with van der Waals surface area (Å²) in [7, 11) is -5.58. The van der Waals surface area contributed by atoms with Gasteiger partial charge in [0.15, 0.2) is 0 Å². The number of halogens is 3. The second kappa shape index (κ2) is 4.89. The van der Waals surface area contributed by atoms with Crippen LogP contribution in [0.4, 0.5) is 13.2 Å². The van der Waals surface area contributed by atoms with Gasteiger partial charge in [0.2, 0.25) is 0 Å². The Kier molecular flexibility index (Phi) is 4.07. The smallest absolute Gasteiger partial charge is 0.257 e. The van der Waals surface area contributed by atoms with Crippen molar-refractivity contribution in [3.05, 3.63) is 35.9 Å². The summed E-state index contributed by atoms with van der Waals surface area (Å²) in [5, 5.41) is 0. The third kappa shape index (κ3) is 3.99. The van der Waals surface area contributed by atoms with Crippen LogP contribution in [0.25, 0.3) is 0 Å². The SMILES string of the molecule is CC(C)(Cc1ccccc1)OS(=O)(=O)C(F)(F)F. The third-order valence-corrected chi connectivity index (χ3v) is 3.33. The standard InChI is InChI=1S/C11H13F3O3S/c1-10(2,8-9-6-4-3-5-7-9)17-18(15,16)11(12,13)14/h3-7H,8H2,1-2H3. The molecule has 0 N–H and O–H groups in total. The summed E-state index contributed by atoms with van der Waals surface area (Å²) in [6.45, 7) is 2.59. The van der Waals surface area contributed by atoms with Crippen LogP contribution in [0.1, 0.15) is 19.4 Å². The predicted molar refractivity (Wildman–Crippen MR) is 60.3 cm³/mol. The summed E-state index contributed by atoms with van der Waals surface area (Å²) in [4.78, 5) is 0. The van der Waals surface area contributed by atoms with Gasteiger partial charge in [-0.3, -0.25) is 4.18 Å². The number of benzene rings is 1. The van der Waals surface area contributed by atoms with Crippen LogP contribution in [-0.4, -0.2) is 19.5 Å². The van der Waals surface area contributed by atoms with Gasteiger partial charge in [-0.1, -0.05) is 30.3 Å². The highest BCUT2D eigenvalue weighted by Crippen LogP contribution is 2.30. The number of alkyl halides is 3. The van der Waals surface area contributed by atoms with E-state index in [1.165, 1.54) is 13.8 Å². The van der Waals surface area contributed by atoms with E-state index in [1.807, 2.05) is 0 Å². The molecule has 0 amide bonds. The van der Waals surface area contributed by atoms with E-state index in [0.29, 0.717) is 5.56 Å². The van der Waals surface area contributed by atoms with Crippen LogP contribution in [0.3, 0.4) is 0 Å². The van der Waals surface area contributed by atoms with Crippen molar-refractivity contribution in [3.63, 3.8) is 0 Å². The van der Waals surface area contributed by atoms with E-state index in [1.54, 1.807) is 30.3 Å². The van der Waals surface area contributed by atoms with Crippen LogP contribution in [0.5, 0.6) is 0 Å². The van der Waals surface area contributed by atoms with Crippen LogP contribution < -0.4 is 0 Å². The van der Waals surface area contributed by atoms with Gasteiger partial charge in [0.1, 0.15) is 0 Å². The first kappa shape index (κ1) is 15.0. The highest BCUT2D eigenvalue weighted by molar-refractivity contribution is 7.87. The van der Waals surface area contributed by atoms with E-state index < -0.39 is 21.2 Å². The lowest BCUT2D eigenvalue weighted by atomic mass is 9.99. The molecule has 1 aromatic rings. The van der Waals surface area contributed by atoms with Crippen molar-refractivity contribution in [2.24, 2.45) is 0 Å². The van der Waals surface area contributed by atoms with Gasteiger partial charge in [0.25, 0.3) is 0 Å². The van der Waals surface area contributed by atoms with Crippen molar-refractivity contribution in [2.45, 2.75) is 31.4 Å². The van der Waals surface area contributed by atoms with Crippen molar-refractivity contribution in [3.8, 4) is 0 Å². The summed E-state index contributed by atoms with van der Waals surface area (Å²) in [6, 6.07) is 8.55. The zero-order chi connectivity index (χ0) is 14.0. The Labute approximate surface area is 104 Å². The molecule has 0 saturated carbocycles. The maximum atomic E-state index is 12.2. The average molecular weight is 282 g/mol. The Morgan fingerprint density at radius 3 is 2.06 bits per heavy atom. The molecule has 3 nitrogen and oxygen atoms in total. The van der Waals surface area contributed by atoms with E-state index in [0.717, 1.165) is 0 Å². The third-order valence-electron chi connectivity index (χ3n) is 2.09. The molecule has 1 rings (SSSR count). The van der Waals surface area contributed by atoms with E-state index in [2.05, 4.69) is 4.18 Å². The molecule has 0 fully saturated rings. The van der Waals surface area contributed by atoms with Crippen LogP contribution in [0.15, 0.2) is 30.3 Å². The summed E-state index contributed by atoms with van der Waals surface area (Å²) in [5.41, 5.74) is -6.17. The highest BCUT2D eigenvalue weighted by atomic mass is 32.2. The van der Waals surface area contributed by atoms with Crippen molar-refractivity contribution in [2.75, 3.05) is 0 Å². The Balaban J connectivity index is 2.84. The second-order valence-electron chi connectivity index (χ2n) is 4.41. The molecule has 0 bridgehead atoms. The van der Waals surface area contributed by atoms with E-state index in [-0.39, 0.29) is 6.42 Å². The minimum absolute atomic E-state index is 0.0587. The monoisotopic (exact) mass is 282 g/mol.